The topological polar surface area (TPSA) is 89.9 Å². The van der Waals surface area contributed by atoms with E-state index in [0.29, 0.717) is 6.54 Å². The minimum absolute atomic E-state index is 0.0351. The number of hydrogen-bond acceptors (Lipinski definition) is 3. The van der Waals surface area contributed by atoms with E-state index in [2.05, 4.69) is 12.2 Å². The summed E-state index contributed by atoms with van der Waals surface area (Å²) in [4.78, 5) is 24.6. The predicted molar refractivity (Wildman–Crippen MR) is 66.3 cm³/mol. The van der Waals surface area contributed by atoms with E-state index in [1.165, 1.54) is 0 Å². The molecule has 0 aromatic heterocycles. The van der Waals surface area contributed by atoms with Crippen LogP contribution < -0.4 is 5.32 Å². The van der Waals surface area contributed by atoms with E-state index >= 15 is 0 Å². The summed E-state index contributed by atoms with van der Waals surface area (Å²) in [6.45, 7) is 2.46. The fourth-order valence-corrected chi connectivity index (χ4v) is 1.78. The van der Waals surface area contributed by atoms with Crippen molar-refractivity contribution in [3.63, 3.8) is 0 Å². The third kappa shape index (κ3) is 4.52. The van der Waals surface area contributed by atoms with E-state index < -0.39 is 12.0 Å². The Kier molecular flexibility index (Phi) is 5.91. The van der Waals surface area contributed by atoms with Crippen molar-refractivity contribution in [1.82, 2.24) is 10.2 Å². The Bertz CT molecular complexity index is 292. The van der Waals surface area contributed by atoms with E-state index in [1.807, 2.05) is 0 Å². The van der Waals surface area contributed by atoms with Crippen molar-refractivity contribution in [2.24, 2.45) is 0 Å². The van der Waals surface area contributed by atoms with Crippen LogP contribution in [0.15, 0.2) is 0 Å². The van der Waals surface area contributed by atoms with Crippen LogP contribution >= 0.6 is 0 Å². The van der Waals surface area contributed by atoms with Crippen LogP contribution in [-0.2, 0) is 4.79 Å². The molecule has 18 heavy (non-hydrogen) atoms. The first-order valence-corrected chi connectivity index (χ1v) is 6.51. The highest BCUT2D eigenvalue weighted by Gasteiger charge is 2.33. The molecule has 104 valence electrons. The number of urea groups is 1. The highest BCUT2D eigenvalue weighted by Crippen LogP contribution is 2.27. The van der Waals surface area contributed by atoms with E-state index in [1.54, 1.807) is 4.90 Å². The molecule has 0 unspecified atom stereocenters. The van der Waals surface area contributed by atoms with Crippen LogP contribution in [0.5, 0.6) is 0 Å². The molecule has 3 N–H and O–H groups in total. The fraction of sp³-hybridized carbons (Fsp3) is 0.833. The quantitative estimate of drug-likeness (QED) is 0.600. The maximum atomic E-state index is 12.0. The molecule has 1 atom stereocenters. The predicted octanol–water partition coefficient (Wildman–Crippen LogP) is 0.796. The second-order valence-electron chi connectivity index (χ2n) is 4.63. The van der Waals surface area contributed by atoms with Crippen LogP contribution in [0.4, 0.5) is 4.79 Å². The van der Waals surface area contributed by atoms with Crippen LogP contribution in [0.25, 0.3) is 0 Å². The number of aliphatic carboxylic acids is 1. The average Bonchev–Trinajstić information content (AvgIpc) is 3.13. The van der Waals surface area contributed by atoms with Gasteiger partial charge in [0.2, 0.25) is 0 Å². The number of carboxylic acids is 1. The number of aliphatic hydroxyl groups is 1. The summed E-state index contributed by atoms with van der Waals surface area (Å²) >= 11 is 0. The molecule has 1 aliphatic rings. The zero-order valence-electron chi connectivity index (χ0n) is 10.8. The molecule has 0 heterocycles. The molecule has 1 saturated carbocycles. The lowest BCUT2D eigenvalue weighted by atomic mass is 10.2. The molecule has 0 saturated heterocycles. The van der Waals surface area contributed by atoms with Gasteiger partial charge in [-0.15, -0.1) is 0 Å². The van der Waals surface area contributed by atoms with E-state index in [0.717, 1.165) is 25.7 Å². The van der Waals surface area contributed by atoms with Crippen molar-refractivity contribution in [3.8, 4) is 0 Å². The number of carbonyl (C=O) groups excluding carboxylic acids is 1. The third-order valence-electron chi connectivity index (χ3n) is 3.01. The third-order valence-corrected chi connectivity index (χ3v) is 3.01. The molecule has 1 fully saturated rings. The maximum absolute atomic E-state index is 12.0. The minimum Gasteiger partial charge on any atom is -0.480 e. The van der Waals surface area contributed by atoms with Crippen molar-refractivity contribution >= 4 is 12.0 Å². The SMILES string of the molecule is CCCCN(C(=O)N[C@H](CCO)C(=O)O)C1CC1. The first-order chi connectivity index (χ1) is 8.60. The number of unbranched alkanes of at least 4 members (excludes halogenated alkanes) is 1. The van der Waals surface area contributed by atoms with Gasteiger partial charge >= 0.3 is 12.0 Å². The smallest absolute Gasteiger partial charge is 0.326 e. The van der Waals surface area contributed by atoms with E-state index in [-0.39, 0.29) is 25.1 Å². The van der Waals surface area contributed by atoms with Crippen molar-refractivity contribution in [1.29, 1.82) is 0 Å². The summed E-state index contributed by atoms with van der Waals surface area (Å²) in [6.07, 6.45) is 3.94. The minimum atomic E-state index is -1.11. The average molecular weight is 258 g/mol. The van der Waals surface area contributed by atoms with Gasteiger partial charge in [0.1, 0.15) is 6.04 Å². The zero-order valence-corrected chi connectivity index (χ0v) is 10.8. The van der Waals surface area contributed by atoms with Crippen molar-refractivity contribution in [2.45, 2.75) is 51.1 Å². The van der Waals surface area contributed by atoms with Gasteiger partial charge in [-0.2, -0.15) is 0 Å². The van der Waals surface area contributed by atoms with Gasteiger partial charge in [-0.1, -0.05) is 13.3 Å². The second kappa shape index (κ2) is 7.20. The fourth-order valence-electron chi connectivity index (χ4n) is 1.78. The molecule has 1 aliphatic carbocycles. The Morgan fingerprint density at radius 3 is 2.56 bits per heavy atom. The van der Waals surface area contributed by atoms with Crippen molar-refractivity contribution in [2.75, 3.05) is 13.2 Å². The first kappa shape index (κ1) is 14.8. The zero-order chi connectivity index (χ0) is 13.5. The summed E-state index contributed by atoms with van der Waals surface area (Å²) in [7, 11) is 0. The number of rotatable bonds is 8. The molecular weight excluding hydrogens is 236 g/mol. The summed E-state index contributed by atoms with van der Waals surface area (Å²) in [5.74, 6) is -1.11. The summed E-state index contributed by atoms with van der Waals surface area (Å²) in [5, 5.41) is 20.2. The monoisotopic (exact) mass is 258 g/mol. The lowest BCUT2D eigenvalue weighted by Gasteiger charge is -2.24. The van der Waals surface area contributed by atoms with Gasteiger partial charge in [0.15, 0.2) is 0 Å². The van der Waals surface area contributed by atoms with Crippen LogP contribution in [0.3, 0.4) is 0 Å². The molecule has 0 radical (unpaired) electrons. The van der Waals surface area contributed by atoms with Gasteiger partial charge in [-0.05, 0) is 19.3 Å². The number of nitrogens with one attached hydrogen (secondary N) is 1. The number of carbonyl (C=O) groups is 2. The van der Waals surface area contributed by atoms with Crippen molar-refractivity contribution in [3.05, 3.63) is 0 Å². The van der Waals surface area contributed by atoms with Gasteiger partial charge in [-0.3, -0.25) is 0 Å². The molecule has 6 nitrogen and oxygen atoms in total. The Labute approximate surface area is 107 Å². The molecule has 2 amide bonds. The van der Waals surface area contributed by atoms with E-state index in [9.17, 15) is 9.59 Å². The second-order valence-corrected chi connectivity index (χ2v) is 4.63. The van der Waals surface area contributed by atoms with Gasteiger partial charge in [0, 0.05) is 25.6 Å². The molecule has 0 bridgehead atoms. The molecule has 0 aromatic carbocycles. The van der Waals surface area contributed by atoms with Crippen molar-refractivity contribution < 1.29 is 19.8 Å². The Balaban J connectivity index is 2.50. The van der Waals surface area contributed by atoms with E-state index in [4.69, 9.17) is 10.2 Å². The first-order valence-electron chi connectivity index (χ1n) is 6.51. The molecule has 0 aliphatic heterocycles. The number of nitrogens with zero attached hydrogens (tertiary/aromatic N) is 1. The van der Waals surface area contributed by atoms with Gasteiger partial charge < -0.3 is 20.4 Å². The van der Waals surface area contributed by atoms with Crippen LogP contribution in [-0.4, -0.2) is 52.3 Å². The standard InChI is InChI=1S/C12H22N2O4/c1-2-3-7-14(9-4-5-9)12(18)13-10(6-8-15)11(16)17/h9-10,15H,2-8H2,1H3,(H,13,18)(H,16,17)/t10-/m1/s1. The number of hydrogen-bond donors (Lipinski definition) is 3. The molecule has 0 aromatic rings. The lowest BCUT2D eigenvalue weighted by Crippen LogP contribution is -2.49. The molecule has 1 rings (SSSR count). The Hall–Kier alpha value is -1.30. The van der Waals surface area contributed by atoms with Crippen LogP contribution in [0.1, 0.15) is 39.0 Å². The van der Waals surface area contributed by atoms with Gasteiger partial charge in [0.25, 0.3) is 0 Å². The van der Waals surface area contributed by atoms with Crippen LogP contribution in [0, 0.1) is 0 Å². The number of carboxylic acid groups (broad SMARTS) is 1. The van der Waals surface area contributed by atoms with Gasteiger partial charge in [-0.25, -0.2) is 9.59 Å². The Morgan fingerprint density at radius 1 is 1.44 bits per heavy atom. The summed E-state index contributed by atoms with van der Waals surface area (Å²) < 4.78 is 0. The summed E-state index contributed by atoms with van der Waals surface area (Å²) in [5.41, 5.74) is 0. The van der Waals surface area contributed by atoms with Gasteiger partial charge in [0.05, 0.1) is 0 Å². The largest absolute Gasteiger partial charge is 0.480 e. The number of amides is 2. The highest BCUT2D eigenvalue weighted by atomic mass is 16.4. The molecular formula is C12H22N2O4. The lowest BCUT2D eigenvalue weighted by molar-refractivity contribution is -0.139. The normalized spacial score (nSPS) is 16.1. The number of aliphatic hydroxyl groups excluding tert-OH is 1. The molecule has 6 heteroatoms. The molecule has 0 spiro atoms. The maximum Gasteiger partial charge on any atom is 0.326 e. The summed E-state index contributed by atoms with van der Waals surface area (Å²) in [6, 6.07) is -1.07. The highest BCUT2D eigenvalue weighted by molar-refractivity contribution is 5.82. The van der Waals surface area contributed by atoms with Crippen LogP contribution in [0.2, 0.25) is 0 Å². The Morgan fingerprint density at radius 2 is 2.11 bits per heavy atom.